The summed E-state index contributed by atoms with van der Waals surface area (Å²) in [5, 5.41) is 27.8. The number of rotatable bonds is 2. The van der Waals surface area contributed by atoms with Crippen LogP contribution in [0, 0.1) is 5.41 Å². The van der Waals surface area contributed by atoms with Gasteiger partial charge in [-0.1, -0.05) is 30.3 Å². The molecule has 0 spiro atoms. The summed E-state index contributed by atoms with van der Waals surface area (Å²) in [5.41, 5.74) is 5.43. The molecule has 8 heteroatoms. The Labute approximate surface area is 139 Å². The highest BCUT2D eigenvalue weighted by atomic mass is 35.5. The molecule has 1 aliphatic heterocycles. The van der Waals surface area contributed by atoms with E-state index in [1.807, 2.05) is 35.2 Å². The first-order valence-electron chi connectivity index (χ1n) is 7.16. The Hall–Kier alpha value is -2.25. The zero-order valence-corrected chi connectivity index (χ0v) is 13.3. The number of hydrogen-bond donors (Lipinski definition) is 4. The van der Waals surface area contributed by atoms with Crippen LogP contribution in [-0.4, -0.2) is 33.1 Å². The molecule has 124 valence electrons. The van der Waals surface area contributed by atoms with Crippen LogP contribution in [0.3, 0.4) is 0 Å². The first kappa shape index (κ1) is 17.1. The van der Waals surface area contributed by atoms with Crippen LogP contribution in [0.5, 0.6) is 0 Å². The fraction of sp³-hybridized carbons (Fsp3) is 0.333. The molecule has 2 aromatic rings. The fourth-order valence-electron chi connectivity index (χ4n) is 2.81. The average Bonchev–Trinajstić information content (AvgIpc) is 2.54. The summed E-state index contributed by atoms with van der Waals surface area (Å²) < 4.78 is 0.535. The predicted octanol–water partition coefficient (Wildman–Crippen LogP) is 1.09. The van der Waals surface area contributed by atoms with E-state index in [0.29, 0.717) is 36.5 Å². The van der Waals surface area contributed by atoms with Crippen molar-refractivity contribution in [2.75, 3.05) is 23.7 Å². The van der Waals surface area contributed by atoms with Crippen molar-refractivity contribution < 1.29 is 10.3 Å². The maximum atomic E-state index is 10.8. The topological polar surface area (TPSA) is 111 Å². The third-order valence-electron chi connectivity index (χ3n) is 4.17. The number of nitrogens with one attached hydrogen (secondary N) is 1. The number of nitrogens with two attached hydrogens (primary N) is 1. The molecule has 0 saturated carbocycles. The van der Waals surface area contributed by atoms with Crippen LogP contribution in [-0.2, 0) is 5.60 Å². The molecule has 7 nitrogen and oxygen atoms in total. The number of piperidine rings is 1. The maximum absolute atomic E-state index is 10.8. The number of nitrogens with zero attached hydrogens (tertiary/aromatic N) is 3. The van der Waals surface area contributed by atoms with Crippen LogP contribution < -0.4 is 16.3 Å². The van der Waals surface area contributed by atoms with Crippen molar-refractivity contribution in [1.29, 1.82) is 5.41 Å². The highest BCUT2D eigenvalue weighted by molar-refractivity contribution is 5.85. The molecular formula is C15H20ClN5O2. The van der Waals surface area contributed by atoms with Gasteiger partial charge in [-0.2, -0.15) is 4.98 Å². The lowest BCUT2D eigenvalue weighted by Gasteiger charge is -2.39. The van der Waals surface area contributed by atoms with E-state index in [4.69, 9.17) is 11.1 Å². The number of anilines is 2. The van der Waals surface area contributed by atoms with Crippen LogP contribution in [0.4, 0.5) is 11.6 Å². The summed E-state index contributed by atoms with van der Waals surface area (Å²) in [4.78, 5) is 5.99. The smallest absolute Gasteiger partial charge is 0.259 e. The Kier molecular flexibility index (Phi) is 4.82. The maximum Gasteiger partial charge on any atom is 0.259 e. The van der Waals surface area contributed by atoms with Gasteiger partial charge in [0.25, 0.3) is 5.62 Å². The molecule has 0 aliphatic carbocycles. The van der Waals surface area contributed by atoms with Gasteiger partial charge in [0.15, 0.2) is 0 Å². The van der Waals surface area contributed by atoms with Crippen molar-refractivity contribution in [3.63, 3.8) is 0 Å². The Morgan fingerprint density at radius 1 is 1.17 bits per heavy atom. The lowest BCUT2D eigenvalue weighted by atomic mass is 9.84. The van der Waals surface area contributed by atoms with E-state index < -0.39 is 5.60 Å². The molecule has 1 aliphatic rings. The number of benzene rings is 1. The molecule has 1 fully saturated rings. The second-order valence-corrected chi connectivity index (χ2v) is 5.56. The van der Waals surface area contributed by atoms with Gasteiger partial charge in [-0.3, -0.25) is 5.41 Å². The van der Waals surface area contributed by atoms with Gasteiger partial charge in [0, 0.05) is 19.2 Å². The molecule has 0 atom stereocenters. The zero-order chi connectivity index (χ0) is 15.7. The summed E-state index contributed by atoms with van der Waals surface area (Å²) in [6, 6.07) is 11.2. The average molecular weight is 338 g/mol. The van der Waals surface area contributed by atoms with E-state index >= 15 is 0 Å². The van der Waals surface area contributed by atoms with E-state index in [1.54, 1.807) is 0 Å². The molecule has 0 amide bonds. The van der Waals surface area contributed by atoms with Gasteiger partial charge in [0.05, 0.1) is 5.60 Å². The van der Waals surface area contributed by atoms with Crippen molar-refractivity contribution in [2.45, 2.75) is 18.4 Å². The monoisotopic (exact) mass is 337 g/mol. The van der Waals surface area contributed by atoms with E-state index in [9.17, 15) is 10.3 Å². The zero-order valence-electron chi connectivity index (χ0n) is 12.5. The minimum absolute atomic E-state index is 0. The normalized spacial score (nSPS) is 16.7. The Bertz CT molecular complexity index is 726. The summed E-state index contributed by atoms with van der Waals surface area (Å²) in [7, 11) is 0. The molecular weight excluding hydrogens is 318 g/mol. The minimum atomic E-state index is -0.835. The van der Waals surface area contributed by atoms with Crippen LogP contribution in [0.1, 0.15) is 18.4 Å². The quantitative estimate of drug-likeness (QED) is 0.613. The van der Waals surface area contributed by atoms with E-state index in [0.717, 1.165) is 5.56 Å². The highest BCUT2D eigenvalue weighted by Crippen LogP contribution is 2.33. The molecule has 3 rings (SSSR count). The molecule has 1 aromatic carbocycles. The van der Waals surface area contributed by atoms with Crippen LogP contribution in [0.15, 0.2) is 36.4 Å². The van der Waals surface area contributed by atoms with Gasteiger partial charge in [0.2, 0.25) is 0 Å². The lowest BCUT2D eigenvalue weighted by molar-refractivity contribution is 0.0116. The van der Waals surface area contributed by atoms with Gasteiger partial charge < -0.3 is 20.9 Å². The lowest BCUT2D eigenvalue weighted by Crippen LogP contribution is -2.43. The van der Waals surface area contributed by atoms with Gasteiger partial charge in [-0.05, 0) is 18.4 Å². The summed E-state index contributed by atoms with van der Waals surface area (Å²) >= 11 is 0. The first-order chi connectivity index (χ1) is 10.5. The molecule has 1 saturated heterocycles. The van der Waals surface area contributed by atoms with Gasteiger partial charge >= 0.3 is 0 Å². The molecule has 0 unspecified atom stereocenters. The number of halogens is 1. The van der Waals surface area contributed by atoms with Crippen molar-refractivity contribution in [3.8, 4) is 0 Å². The first-order valence-corrected chi connectivity index (χ1v) is 7.16. The van der Waals surface area contributed by atoms with E-state index in [2.05, 4.69) is 4.98 Å². The second kappa shape index (κ2) is 6.47. The fourth-order valence-corrected chi connectivity index (χ4v) is 2.81. The minimum Gasteiger partial charge on any atom is -0.423 e. The largest absolute Gasteiger partial charge is 0.423 e. The second-order valence-electron chi connectivity index (χ2n) is 5.56. The van der Waals surface area contributed by atoms with Crippen LogP contribution >= 0.6 is 12.4 Å². The van der Waals surface area contributed by atoms with Crippen molar-refractivity contribution >= 4 is 24.0 Å². The van der Waals surface area contributed by atoms with Gasteiger partial charge in [0.1, 0.15) is 11.6 Å². The standard InChI is InChI=1S/C15H19N5O2.ClH/c16-12-10-13(18-14(17)20(12)22)19-8-6-15(21,7-9-19)11-4-2-1-3-5-11;/h1-5,10,17,21-22H,6-9,16H2;1H. The van der Waals surface area contributed by atoms with Gasteiger partial charge in [-0.25, -0.2) is 0 Å². The van der Waals surface area contributed by atoms with E-state index in [1.165, 1.54) is 6.07 Å². The molecule has 1 aromatic heterocycles. The summed E-state index contributed by atoms with van der Waals surface area (Å²) in [6.07, 6.45) is 1.14. The Balaban J connectivity index is 0.00000192. The SMILES string of the molecule is Cl.N=c1nc(N2CCC(O)(c3ccccc3)CC2)cc(N)n1O. The van der Waals surface area contributed by atoms with E-state index in [-0.39, 0.29) is 23.8 Å². The number of nitrogen functional groups attached to an aromatic ring is 1. The highest BCUT2D eigenvalue weighted by Gasteiger charge is 2.34. The third kappa shape index (κ3) is 3.25. The third-order valence-corrected chi connectivity index (χ3v) is 4.17. The predicted molar refractivity (Wildman–Crippen MR) is 88.7 cm³/mol. The number of aromatic nitrogens is 2. The van der Waals surface area contributed by atoms with Crippen LogP contribution in [0.2, 0.25) is 0 Å². The van der Waals surface area contributed by atoms with Crippen LogP contribution in [0.25, 0.3) is 0 Å². The number of aliphatic hydroxyl groups is 1. The van der Waals surface area contributed by atoms with Crippen molar-refractivity contribution in [2.24, 2.45) is 0 Å². The Morgan fingerprint density at radius 2 is 1.78 bits per heavy atom. The van der Waals surface area contributed by atoms with Crippen molar-refractivity contribution in [3.05, 3.63) is 47.6 Å². The summed E-state index contributed by atoms with van der Waals surface area (Å²) in [5.74, 6) is 0.613. The Morgan fingerprint density at radius 3 is 2.35 bits per heavy atom. The van der Waals surface area contributed by atoms with Crippen molar-refractivity contribution in [1.82, 2.24) is 9.71 Å². The number of hydrogen-bond acceptors (Lipinski definition) is 6. The molecule has 5 N–H and O–H groups in total. The summed E-state index contributed by atoms with van der Waals surface area (Å²) in [6.45, 7) is 1.21. The molecule has 23 heavy (non-hydrogen) atoms. The molecule has 0 radical (unpaired) electrons. The molecule has 0 bridgehead atoms. The van der Waals surface area contributed by atoms with Gasteiger partial charge in [-0.15, -0.1) is 17.1 Å². The molecule has 2 heterocycles.